The van der Waals surface area contributed by atoms with Gasteiger partial charge in [-0.1, -0.05) is 187 Å². The lowest BCUT2D eigenvalue weighted by Gasteiger charge is -2.39. The molecule has 1 heterocycles. The molecule has 0 amide bonds. The highest BCUT2D eigenvalue weighted by molar-refractivity contribution is 5.70. The Morgan fingerprint density at radius 2 is 0.914 bits per heavy atom. The van der Waals surface area contributed by atoms with Crippen LogP contribution >= 0.6 is 0 Å². The summed E-state index contributed by atoms with van der Waals surface area (Å²) in [4.78, 5) is 25.4. The molecule has 6 atom stereocenters. The van der Waals surface area contributed by atoms with Crippen molar-refractivity contribution in [2.75, 3.05) is 19.8 Å². The normalized spacial score (nSPS) is 20.1. The molecule has 0 aliphatic carbocycles. The van der Waals surface area contributed by atoms with Gasteiger partial charge in [0.1, 0.15) is 31.0 Å². The van der Waals surface area contributed by atoms with E-state index < -0.39 is 49.4 Å². The number of allylic oxidation sites excluding steroid dienone is 2. The van der Waals surface area contributed by atoms with Crippen LogP contribution in [0.25, 0.3) is 0 Å². The highest BCUT2D eigenvalue weighted by Crippen LogP contribution is 2.23. The van der Waals surface area contributed by atoms with Crippen molar-refractivity contribution in [2.24, 2.45) is 0 Å². The summed E-state index contributed by atoms with van der Waals surface area (Å²) in [6.07, 6.45) is 35.0. The summed E-state index contributed by atoms with van der Waals surface area (Å²) in [6.45, 7) is 3.45. The van der Waals surface area contributed by atoms with Crippen LogP contribution in [0.4, 0.5) is 0 Å². The van der Waals surface area contributed by atoms with Crippen LogP contribution in [0.2, 0.25) is 0 Å². The largest absolute Gasteiger partial charge is 0.462 e. The van der Waals surface area contributed by atoms with Gasteiger partial charge in [-0.15, -0.1) is 0 Å². The molecule has 0 aromatic carbocycles. The van der Waals surface area contributed by atoms with Gasteiger partial charge >= 0.3 is 11.9 Å². The highest BCUT2D eigenvalue weighted by atomic mass is 16.7. The first-order chi connectivity index (χ1) is 28.3. The number of aliphatic hydroxyl groups excluding tert-OH is 4. The van der Waals surface area contributed by atoms with Gasteiger partial charge in [-0.2, -0.15) is 0 Å². The molecule has 0 aromatic heterocycles. The molecule has 58 heavy (non-hydrogen) atoms. The van der Waals surface area contributed by atoms with Crippen LogP contribution in [0.15, 0.2) is 12.2 Å². The number of hydrogen-bond donors (Lipinski definition) is 4. The number of carbonyl (C=O) groups is 2. The minimum absolute atomic E-state index is 0.213. The standard InChI is InChI=1S/C48H90O10/c1-3-5-7-9-11-13-15-17-19-20-21-23-25-27-29-31-33-35-37-44(51)57-41(40-56-48-47(54)46(53)45(52)42(38-49)58-48)39-55-43(50)36-34-32-30-28-26-24-22-18-16-14-12-10-8-6-4-2/h19-20,41-42,45-49,52-54H,3-18,21-40H2,1-2H3/b20-19-. The van der Waals surface area contributed by atoms with Gasteiger partial charge in [-0.25, -0.2) is 0 Å². The topological polar surface area (TPSA) is 152 Å². The Hall–Kier alpha value is -1.56. The smallest absolute Gasteiger partial charge is 0.306 e. The van der Waals surface area contributed by atoms with E-state index in [4.69, 9.17) is 18.9 Å². The van der Waals surface area contributed by atoms with E-state index in [-0.39, 0.29) is 32.0 Å². The van der Waals surface area contributed by atoms with Crippen molar-refractivity contribution >= 4 is 11.9 Å². The zero-order valence-electron chi connectivity index (χ0n) is 37.3. The van der Waals surface area contributed by atoms with Crippen LogP contribution in [0.3, 0.4) is 0 Å². The second-order valence-electron chi connectivity index (χ2n) is 16.9. The third kappa shape index (κ3) is 30.5. The van der Waals surface area contributed by atoms with Gasteiger partial charge in [0.15, 0.2) is 12.4 Å². The van der Waals surface area contributed by atoms with Crippen molar-refractivity contribution in [2.45, 2.75) is 263 Å². The zero-order chi connectivity index (χ0) is 42.3. The van der Waals surface area contributed by atoms with Crippen molar-refractivity contribution < 1.29 is 49.0 Å². The summed E-state index contributed by atoms with van der Waals surface area (Å²) in [5.41, 5.74) is 0. The molecule has 6 unspecified atom stereocenters. The molecular weight excluding hydrogens is 737 g/mol. The first-order valence-corrected chi connectivity index (χ1v) is 24.3. The quantitative estimate of drug-likeness (QED) is 0.0266. The molecule has 0 radical (unpaired) electrons. The molecule has 10 heteroatoms. The lowest BCUT2D eigenvalue weighted by molar-refractivity contribution is -0.305. The van der Waals surface area contributed by atoms with Gasteiger partial charge in [0, 0.05) is 12.8 Å². The second-order valence-corrected chi connectivity index (χ2v) is 16.9. The molecule has 1 rings (SSSR count). The van der Waals surface area contributed by atoms with Crippen LogP contribution in [0.1, 0.15) is 226 Å². The van der Waals surface area contributed by atoms with E-state index in [1.165, 1.54) is 148 Å². The van der Waals surface area contributed by atoms with Gasteiger partial charge in [0.25, 0.3) is 0 Å². The maximum absolute atomic E-state index is 12.8. The predicted octanol–water partition coefficient (Wildman–Crippen LogP) is 10.7. The number of esters is 2. The monoisotopic (exact) mass is 827 g/mol. The van der Waals surface area contributed by atoms with Crippen LogP contribution in [-0.2, 0) is 28.5 Å². The maximum atomic E-state index is 12.8. The van der Waals surface area contributed by atoms with E-state index in [0.717, 1.165) is 44.9 Å². The number of carbonyl (C=O) groups excluding carboxylic acids is 2. The van der Waals surface area contributed by atoms with Crippen molar-refractivity contribution in [1.29, 1.82) is 0 Å². The third-order valence-corrected chi connectivity index (χ3v) is 11.4. The van der Waals surface area contributed by atoms with E-state index >= 15 is 0 Å². The van der Waals surface area contributed by atoms with Crippen LogP contribution < -0.4 is 0 Å². The lowest BCUT2D eigenvalue weighted by Crippen LogP contribution is -2.59. The van der Waals surface area contributed by atoms with Crippen LogP contribution in [-0.4, -0.2) is 89.0 Å². The SMILES string of the molecule is CCCCCCCCC/C=C\CCCCCCCCCC(=O)OC(COC(=O)CCCCCCCCCCCCCCCCC)COC1OC(CO)C(O)C(O)C1O. The van der Waals surface area contributed by atoms with Crippen LogP contribution in [0.5, 0.6) is 0 Å². The fourth-order valence-electron chi connectivity index (χ4n) is 7.54. The molecule has 0 saturated carbocycles. The molecule has 1 fully saturated rings. The van der Waals surface area contributed by atoms with E-state index in [1.807, 2.05) is 0 Å². The summed E-state index contributed by atoms with van der Waals surface area (Å²) in [6, 6.07) is 0. The Kier molecular flexibility index (Phi) is 37.2. The fraction of sp³-hybridized carbons (Fsp3) is 0.917. The summed E-state index contributed by atoms with van der Waals surface area (Å²) >= 11 is 0. The predicted molar refractivity (Wildman–Crippen MR) is 233 cm³/mol. The Balaban J connectivity index is 2.29. The number of hydrogen-bond acceptors (Lipinski definition) is 10. The van der Waals surface area contributed by atoms with Crippen molar-refractivity contribution in [3.8, 4) is 0 Å². The lowest BCUT2D eigenvalue weighted by atomic mass is 9.99. The van der Waals surface area contributed by atoms with E-state index in [9.17, 15) is 30.0 Å². The first-order valence-electron chi connectivity index (χ1n) is 24.3. The average Bonchev–Trinajstić information content (AvgIpc) is 3.22. The zero-order valence-corrected chi connectivity index (χ0v) is 37.3. The number of rotatable bonds is 41. The molecule has 0 aromatic rings. The van der Waals surface area contributed by atoms with Gasteiger partial charge in [0.2, 0.25) is 0 Å². The van der Waals surface area contributed by atoms with Gasteiger partial charge in [-0.3, -0.25) is 9.59 Å². The Labute approximate surface area is 354 Å². The molecular formula is C48H90O10. The molecule has 342 valence electrons. The number of aliphatic hydroxyl groups is 4. The van der Waals surface area contributed by atoms with Gasteiger partial charge in [0.05, 0.1) is 13.2 Å². The minimum atomic E-state index is -1.59. The maximum Gasteiger partial charge on any atom is 0.306 e. The van der Waals surface area contributed by atoms with Crippen molar-refractivity contribution in [3.05, 3.63) is 12.2 Å². The Bertz CT molecular complexity index is 959. The van der Waals surface area contributed by atoms with Crippen LogP contribution in [0, 0.1) is 0 Å². The number of unbranched alkanes of at least 4 members (excludes halogenated alkanes) is 28. The molecule has 4 N–H and O–H groups in total. The van der Waals surface area contributed by atoms with E-state index in [0.29, 0.717) is 6.42 Å². The second kappa shape index (κ2) is 39.6. The third-order valence-electron chi connectivity index (χ3n) is 11.4. The minimum Gasteiger partial charge on any atom is -0.462 e. The van der Waals surface area contributed by atoms with Gasteiger partial charge in [-0.05, 0) is 38.5 Å². The van der Waals surface area contributed by atoms with Crippen molar-refractivity contribution in [3.63, 3.8) is 0 Å². The highest BCUT2D eigenvalue weighted by Gasteiger charge is 2.44. The Morgan fingerprint density at radius 1 is 0.517 bits per heavy atom. The summed E-state index contributed by atoms with van der Waals surface area (Å²) < 4.78 is 22.2. The van der Waals surface area contributed by atoms with E-state index in [2.05, 4.69) is 26.0 Å². The van der Waals surface area contributed by atoms with E-state index in [1.54, 1.807) is 0 Å². The summed E-state index contributed by atoms with van der Waals surface area (Å²) in [7, 11) is 0. The first kappa shape index (κ1) is 54.5. The molecule has 10 nitrogen and oxygen atoms in total. The fourth-order valence-corrected chi connectivity index (χ4v) is 7.54. The molecule has 0 bridgehead atoms. The Morgan fingerprint density at radius 3 is 1.34 bits per heavy atom. The summed E-state index contributed by atoms with van der Waals surface area (Å²) in [5.74, 6) is -0.799. The molecule has 1 aliphatic rings. The number of ether oxygens (including phenoxy) is 4. The average molecular weight is 827 g/mol. The molecule has 1 aliphatic heterocycles. The molecule has 0 spiro atoms. The summed E-state index contributed by atoms with van der Waals surface area (Å²) in [5, 5.41) is 40.1. The molecule has 1 saturated heterocycles. The van der Waals surface area contributed by atoms with Crippen molar-refractivity contribution in [1.82, 2.24) is 0 Å². The van der Waals surface area contributed by atoms with Gasteiger partial charge < -0.3 is 39.4 Å².